The molecule has 0 aromatic heterocycles. The van der Waals surface area contributed by atoms with E-state index in [4.69, 9.17) is 6.42 Å². The summed E-state index contributed by atoms with van der Waals surface area (Å²) in [6.07, 6.45) is 6.68. The zero-order valence-electron chi connectivity index (χ0n) is 6.59. The Bertz CT molecular complexity index is 151. The fourth-order valence-corrected chi connectivity index (χ4v) is 0.687. The third kappa shape index (κ3) is 2.24. The normalized spacial score (nSPS) is 13.8. The van der Waals surface area contributed by atoms with Gasteiger partial charge < -0.3 is 5.11 Å². The molecule has 0 radical (unpaired) electrons. The number of rotatable bonds is 3. The number of hydrogen-bond donors (Lipinski definition) is 1. The van der Waals surface area contributed by atoms with Crippen LogP contribution in [0.3, 0.4) is 0 Å². The van der Waals surface area contributed by atoms with Crippen molar-refractivity contribution >= 4 is 0 Å². The molecular formula is C9H14O. The molecule has 56 valence electrons. The van der Waals surface area contributed by atoms with Crippen LogP contribution in [0.1, 0.15) is 20.3 Å². The largest absolute Gasteiger partial charge is 0.388 e. The minimum absolute atomic E-state index is 0.240. The highest BCUT2D eigenvalue weighted by molar-refractivity contribution is 4.98. The van der Waals surface area contributed by atoms with E-state index in [1.165, 1.54) is 6.08 Å². The summed E-state index contributed by atoms with van der Waals surface area (Å²) >= 11 is 0. The first-order valence-corrected chi connectivity index (χ1v) is 3.28. The maximum Gasteiger partial charge on any atom is 0.0778 e. The van der Waals surface area contributed by atoms with Gasteiger partial charge in [-0.2, -0.15) is 0 Å². The lowest BCUT2D eigenvalue weighted by Gasteiger charge is -2.25. The minimum atomic E-state index is -0.511. The highest BCUT2D eigenvalue weighted by atomic mass is 16.3. The molecule has 10 heavy (non-hydrogen) atoms. The van der Waals surface area contributed by atoms with Crippen LogP contribution in [0.2, 0.25) is 0 Å². The molecule has 1 heteroatoms. The second kappa shape index (κ2) is 3.43. The van der Waals surface area contributed by atoms with Gasteiger partial charge in [-0.1, -0.05) is 19.9 Å². The van der Waals surface area contributed by atoms with Gasteiger partial charge in [0, 0.05) is 11.8 Å². The molecule has 0 spiro atoms. The third-order valence-corrected chi connectivity index (χ3v) is 1.58. The molecule has 1 atom stereocenters. The Labute approximate surface area is 62.8 Å². The van der Waals surface area contributed by atoms with E-state index < -0.39 is 6.10 Å². The Hall–Kier alpha value is -0.740. The smallest absolute Gasteiger partial charge is 0.0778 e. The van der Waals surface area contributed by atoms with Crippen LogP contribution in [0.15, 0.2) is 12.7 Å². The second-order valence-corrected chi connectivity index (χ2v) is 3.05. The van der Waals surface area contributed by atoms with Gasteiger partial charge in [-0.15, -0.1) is 18.9 Å². The molecule has 1 unspecified atom stereocenters. The van der Waals surface area contributed by atoms with E-state index >= 15 is 0 Å². The van der Waals surface area contributed by atoms with Crippen molar-refractivity contribution in [2.45, 2.75) is 26.4 Å². The van der Waals surface area contributed by atoms with Crippen molar-refractivity contribution in [1.29, 1.82) is 0 Å². The fourth-order valence-electron chi connectivity index (χ4n) is 0.687. The van der Waals surface area contributed by atoms with Gasteiger partial charge in [0.15, 0.2) is 0 Å². The van der Waals surface area contributed by atoms with Crippen LogP contribution < -0.4 is 0 Å². The third-order valence-electron chi connectivity index (χ3n) is 1.58. The van der Waals surface area contributed by atoms with Crippen molar-refractivity contribution < 1.29 is 5.11 Å². The number of aliphatic hydroxyl groups is 1. The molecule has 0 bridgehead atoms. The summed E-state index contributed by atoms with van der Waals surface area (Å²) in [7, 11) is 0. The predicted octanol–water partition coefficient (Wildman–Crippen LogP) is 1.58. The molecule has 0 heterocycles. The van der Waals surface area contributed by atoms with Crippen molar-refractivity contribution in [1.82, 2.24) is 0 Å². The van der Waals surface area contributed by atoms with E-state index in [0.29, 0.717) is 6.42 Å². The summed E-state index contributed by atoms with van der Waals surface area (Å²) in [4.78, 5) is 0. The summed E-state index contributed by atoms with van der Waals surface area (Å²) in [6, 6.07) is 0. The zero-order valence-corrected chi connectivity index (χ0v) is 6.59. The fraction of sp³-hybridized carbons (Fsp3) is 0.556. The Morgan fingerprint density at radius 2 is 2.30 bits per heavy atom. The van der Waals surface area contributed by atoms with Crippen LogP contribution in [0.5, 0.6) is 0 Å². The van der Waals surface area contributed by atoms with Crippen LogP contribution in [-0.4, -0.2) is 11.2 Å². The minimum Gasteiger partial charge on any atom is -0.388 e. The number of aliphatic hydroxyl groups excluding tert-OH is 1. The van der Waals surface area contributed by atoms with Gasteiger partial charge in [0.1, 0.15) is 0 Å². The van der Waals surface area contributed by atoms with Gasteiger partial charge in [0.2, 0.25) is 0 Å². The van der Waals surface area contributed by atoms with Crippen LogP contribution in [0.4, 0.5) is 0 Å². The average molecular weight is 138 g/mol. The van der Waals surface area contributed by atoms with Crippen LogP contribution in [-0.2, 0) is 0 Å². The standard InChI is InChI=1S/C9H14O/c1-5-7-9(3,4)8(10)6-2/h1,6,8,10H,2,7H2,3-4H3. The van der Waals surface area contributed by atoms with Crippen molar-refractivity contribution in [3.8, 4) is 12.3 Å². The van der Waals surface area contributed by atoms with Crippen molar-refractivity contribution in [2.75, 3.05) is 0 Å². The lowest BCUT2D eigenvalue weighted by atomic mass is 9.83. The van der Waals surface area contributed by atoms with E-state index in [9.17, 15) is 5.11 Å². The van der Waals surface area contributed by atoms with E-state index in [1.807, 2.05) is 13.8 Å². The molecule has 0 rings (SSSR count). The highest BCUT2D eigenvalue weighted by Gasteiger charge is 2.23. The molecule has 1 N–H and O–H groups in total. The molecule has 0 saturated heterocycles. The lowest BCUT2D eigenvalue weighted by molar-refractivity contribution is 0.0950. The number of hydrogen-bond acceptors (Lipinski definition) is 1. The first kappa shape index (κ1) is 9.26. The predicted molar refractivity (Wildman–Crippen MR) is 43.4 cm³/mol. The average Bonchev–Trinajstić information content (AvgIpc) is 1.86. The summed E-state index contributed by atoms with van der Waals surface area (Å²) in [5, 5.41) is 9.30. The van der Waals surface area contributed by atoms with Gasteiger partial charge in [-0.25, -0.2) is 0 Å². The van der Waals surface area contributed by atoms with Crippen LogP contribution >= 0.6 is 0 Å². The van der Waals surface area contributed by atoms with E-state index in [2.05, 4.69) is 12.5 Å². The summed E-state index contributed by atoms with van der Waals surface area (Å²) in [5.74, 6) is 2.52. The van der Waals surface area contributed by atoms with Gasteiger partial charge in [0.25, 0.3) is 0 Å². The monoisotopic (exact) mass is 138 g/mol. The maximum atomic E-state index is 9.30. The van der Waals surface area contributed by atoms with Gasteiger partial charge in [-0.3, -0.25) is 0 Å². The van der Waals surface area contributed by atoms with Gasteiger partial charge in [-0.05, 0) is 0 Å². The van der Waals surface area contributed by atoms with Crippen molar-refractivity contribution in [3.63, 3.8) is 0 Å². The van der Waals surface area contributed by atoms with E-state index in [-0.39, 0.29) is 5.41 Å². The quantitative estimate of drug-likeness (QED) is 0.463. The Balaban J connectivity index is 4.11. The Kier molecular flexibility index (Phi) is 3.18. The SMILES string of the molecule is C#CCC(C)(C)C(O)C=C. The molecule has 0 amide bonds. The Morgan fingerprint density at radius 3 is 2.60 bits per heavy atom. The zero-order chi connectivity index (χ0) is 8.20. The van der Waals surface area contributed by atoms with Crippen molar-refractivity contribution in [3.05, 3.63) is 12.7 Å². The molecule has 0 aromatic carbocycles. The maximum absolute atomic E-state index is 9.30. The molecular weight excluding hydrogens is 124 g/mol. The molecule has 0 aromatic rings. The molecule has 1 nitrogen and oxygen atoms in total. The van der Waals surface area contributed by atoms with E-state index in [0.717, 1.165) is 0 Å². The van der Waals surface area contributed by atoms with Gasteiger partial charge in [0.05, 0.1) is 6.10 Å². The lowest BCUT2D eigenvalue weighted by Crippen LogP contribution is -2.26. The first-order valence-electron chi connectivity index (χ1n) is 3.28. The molecule has 0 aliphatic carbocycles. The topological polar surface area (TPSA) is 20.2 Å². The van der Waals surface area contributed by atoms with E-state index in [1.54, 1.807) is 0 Å². The Morgan fingerprint density at radius 1 is 1.80 bits per heavy atom. The van der Waals surface area contributed by atoms with Gasteiger partial charge >= 0.3 is 0 Å². The summed E-state index contributed by atoms with van der Waals surface area (Å²) in [6.45, 7) is 7.32. The second-order valence-electron chi connectivity index (χ2n) is 3.05. The highest BCUT2D eigenvalue weighted by Crippen LogP contribution is 2.24. The van der Waals surface area contributed by atoms with Crippen molar-refractivity contribution in [2.24, 2.45) is 5.41 Å². The summed E-state index contributed by atoms with van der Waals surface area (Å²) < 4.78 is 0. The molecule has 0 fully saturated rings. The van der Waals surface area contributed by atoms with Crippen LogP contribution in [0, 0.1) is 17.8 Å². The summed E-state index contributed by atoms with van der Waals surface area (Å²) in [5.41, 5.74) is -0.240. The molecule has 0 aliphatic rings. The van der Waals surface area contributed by atoms with Crippen LogP contribution in [0.25, 0.3) is 0 Å². The molecule has 0 aliphatic heterocycles. The number of terminal acetylenes is 1. The first-order chi connectivity index (χ1) is 4.54. The molecule has 0 saturated carbocycles.